The van der Waals surface area contributed by atoms with Crippen molar-refractivity contribution in [1.82, 2.24) is 14.5 Å². The van der Waals surface area contributed by atoms with Gasteiger partial charge in [-0.25, -0.2) is 14.4 Å². The molecule has 0 radical (unpaired) electrons. The molecule has 0 aliphatic rings. The average molecular weight is 448 g/mol. The van der Waals surface area contributed by atoms with Crippen LogP contribution in [0.5, 0.6) is 0 Å². The van der Waals surface area contributed by atoms with Crippen LogP contribution in [0.15, 0.2) is 35.7 Å². The molecule has 0 bridgehead atoms. The van der Waals surface area contributed by atoms with Gasteiger partial charge >= 0.3 is 6.18 Å². The van der Waals surface area contributed by atoms with E-state index in [4.69, 9.17) is 0 Å². The molecule has 0 aliphatic heterocycles. The topological polar surface area (TPSA) is 42.7 Å². The molecule has 4 nitrogen and oxygen atoms in total. The van der Waals surface area contributed by atoms with Gasteiger partial charge in [0, 0.05) is 35.6 Å². The molecule has 0 aliphatic carbocycles. The number of anilines is 1. The maximum absolute atomic E-state index is 13.9. The Morgan fingerprint density at radius 3 is 2.52 bits per heavy atom. The van der Waals surface area contributed by atoms with Crippen LogP contribution < -0.4 is 5.32 Å². The summed E-state index contributed by atoms with van der Waals surface area (Å²) in [6.07, 6.45) is -4.38. The van der Waals surface area contributed by atoms with E-state index in [1.807, 2.05) is 24.5 Å². The second-order valence-corrected chi connectivity index (χ2v) is 8.31. The Morgan fingerprint density at radius 2 is 1.81 bits per heavy atom. The van der Waals surface area contributed by atoms with Gasteiger partial charge in [-0.2, -0.15) is 13.2 Å². The SMILES string of the molecule is Cc1nc(NCCn2c(C)cc3c(C)cc(F)cc32)cc(-c2cc(C(F)(F)F)cs2)n1. The highest BCUT2D eigenvalue weighted by Crippen LogP contribution is 2.36. The molecule has 0 fully saturated rings. The predicted molar refractivity (Wildman–Crippen MR) is 115 cm³/mol. The first-order valence-corrected chi connectivity index (χ1v) is 10.5. The molecule has 3 heterocycles. The van der Waals surface area contributed by atoms with E-state index in [-0.39, 0.29) is 5.82 Å². The summed E-state index contributed by atoms with van der Waals surface area (Å²) in [5, 5.41) is 5.30. The molecular formula is C22H20F4N4S. The molecule has 0 amide bonds. The van der Waals surface area contributed by atoms with Gasteiger partial charge in [-0.05, 0) is 50.6 Å². The van der Waals surface area contributed by atoms with E-state index in [0.717, 1.165) is 44.9 Å². The fraction of sp³-hybridized carbons (Fsp3) is 0.273. The zero-order valence-electron chi connectivity index (χ0n) is 17.1. The summed E-state index contributed by atoms with van der Waals surface area (Å²) in [6.45, 7) is 6.64. The number of rotatable bonds is 5. The third-order valence-electron chi connectivity index (χ3n) is 5.06. The van der Waals surface area contributed by atoms with Crippen LogP contribution in [-0.4, -0.2) is 21.1 Å². The largest absolute Gasteiger partial charge is 0.417 e. The maximum atomic E-state index is 13.9. The minimum atomic E-state index is -4.38. The van der Waals surface area contributed by atoms with Crippen molar-refractivity contribution in [3.8, 4) is 10.6 Å². The highest BCUT2D eigenvalue weighted by Gasteiger charge is 2.31. The molecule has 4 aromatic rings. The summed E-state index contributed by atoms with van der Waals surface area (Å²) in [5.41, 5.74) is 2.49. The van der Waals surface area contributed by atoms with E-state index in [0.29, 0.717) is 35.3 Å². The van der Waals surface area contributed by atoms with Gasteiger partial charge in [-0.3, -0.25) is 0 Å². The fourth-order valence-electron chi connectivity index (χ4n) is 3.62. The van der Waals surface area contributed by atoms with E-state index in [1.54, 1.807) is 13.0 Å². The second kappa shape index (κ2) is 7.96. The van der Waals surface area contributed by atoms with Gasteiger partial charge in [-0.15, -0.1) is 11.3 Å². The van der Waals surface area contributed by atoms with Crippen molar-refractivity contribution in [2.75, 3.05) is 11.9 Å². The number of fused-ring (bicyclic) bond motifs is 1. The predicted octanol–water partition coefficient (Wildman–Crippen LogP) is 6.36. The lowest BCUT2D eigenvalue weighted by molar-refractivity contribution is -0.137. The molecule has 1 N–H and O–H groups in total. The molecule has 1 aromatic carbocycles. The monoisotopic (exact) mass is 448 g/mol. The average Bonchev–Trinajstić information content (AvgIpc) is 3.28. The van der Waals surface area contributed by atoms with Crippen molar-refractivity contribution in [3.63, 3.8) is 0 Å². The molecule has 0 saturated heterocycles. The van der Waals surface area contributed by atoms with Crippen LogP contribution >= 0.6 is 11.3 Å². The van der Waals surface area contributed by atoms with Gasteiger partial charge in [0.2, 0.25) is 0 Å². The highest BCUT2D eigenvalue weighted by atomic mass is 32.1. The van der Waals surface area contributed by atoms with Crippen LogP contribution in [0.3, 0.4) is 0 Å². The zero-order valence-corrected chi connectivity index (χ0v) is 18.0. The Labute approximate surface area is 180 Å². The molecule has 3 aromatic heterocycles. The minimum absolute atomic E-state index is 0.275. The minimum Gasteiger partial charge on any atom is -0.368 e. The Balaban J connectivity index is 1.53. The van der Waals surface area contributed by atoms with E-state index in [1.165, 1.54) is 12.1 Å². The third-order valence-corrected chi connectivity index (χ3v) is 6.01. The Morgan fingerprint density at radius 1 is 1.03 bits per heavy atom. The number of nitrogens with zero attached hydrogens (tertiary/aromatic N) is 3. The number of aryl methyl sites for hydroxylation is 3. The Kier molecular flexibility index (Phi) is 5.47. The van der Waals surface area contributed by atoms with Gasteiger partial charge in [-0.1, -0.05) is 0 Å². The van der Waals surface area contributed by atoms with Crippen LogP contribution in [0.4, 0.5) is 23.4 Å². The van der Waals surface area contributed by atoms with Gasteiger partial charge in [0.05, 0.1) is 21.7 Å². The Bertz CT molecular complexity index is 1260. The van der Waals surface area contributed by atoms with Gasteiger partial charge in [0.25, 0.3) is 0 Å². The van der Waals surface area contributed by atoms with Crippen molar-refractivity contribution in [3.05, 3.63) is 64.2 Å². The van der Waals surface area contributed by atoms with Gasteiger partial charge in [0.1, 0.15) is 17.5 Å². The molecule has 162 valence electrons. The fourth-order valence-corrected chi connectivity index (χ4v) is 4.50. The van der Waals surface area contributed by atoms with Crippen LogP contribution in [0.2, 0.25) is 0 Å². The summed E-state index contributed by atoms with van der Waals surface area (Å²) in [6, 6.07) is 7.82. The lowest BCUT2D eigenvalue weighted by Gasteiger charge is -2.11. The first kappa shape index (κ1) is 21.3. The van der Waals surface area contributed by atoms with Gasteiger partial charge in [0.15, 0.2) is 0 Å². The van der Waals surface area contributed by atoms with Crippen molar-refractivity contribution in [2.45, 2.75) is 33.5 Å². The number of hydrogen-bond acceptors (Lipinski definition) is 4. The van der Waals surface area contributed by atoms with Crippen LogP contribution in [0.1, 0.15) is 22.6 Å². The standard InChI is InChI=1S/C22H20F4N4S/c1-12-6-16(23)9-19-17(12)7-13(2)30(19)5-4-27-21-10-18(28-14(3)29-21)20-8-15(11-31-20)22(24,25)26/h6-11H,4-5H2,1-3H3,(H,27,28,29). The highest BCUT2D eigenvalue weighted by molar-refractivity contribution is 7.13. The lowest BCUT2D eigenvalue weighted by Crippen LogP contribution is -2.13. The normalized spacial score (nSPS) is 12.0. The van der Waals surface area contributed by atoms with E-state index in [2.05, 4.69) is 15.3 Å². The third kappa shape index (κ3) is 4.41. The number of alkyl halides is 3. The van der Waals surface area contributed by atoms with Crippen molar-refractivity contribution in [1.29, 1.82) is 0 Å². The molecule has 4 rings (SSSR count). The first-order chi connectivity index (χ1) is 14.6. The summed E-state index contributed by atoms with van der Waals surface area (Å²) in [4.78, 5) is 9.04. The van der Waals surface area contributed by atoms with Crippen LogP contribution in [0, 0.1) is 26.6 Å². The van der Waals surface area contributed by atoms with Crippen molar-refractivity contribution >= 4 is 28.1 Å². The summed E-state index contributed by atoms with van der Waals surface area (Å²) in [5.74, 6) is 0.714. The van der Waals surface area contributed by atoms with E-state index >= 15 is 0 Å². The maximum Gasteiger partial charge on any atom is 0.417 e. The van der Waals surface area contributed by atoms with E-state index in [9.17, 15) is 17.6 Å². The number of hydrogen-bond donors (Lipinski definition) is 1. The second-order valence-electron chi connectivity index (χ2n) is 7.40. The number of aromatic nitrogens is 3. The summed E-state index contributed by atoms with van der Waals surface area (Å²) in [7, 11) is 0. The van der Waals surface area contributed by atoms with Crippen molar-refractivity contribution < 1.29 is 17.6 Å². The van der Waals surface area contributed by atoms with Crippen LogP contribution in [0.25, 0.3) is 21.5 Å². The number of benzene rings is 1. The molecule has 0 saturated carbocycles. The summed E-state index contributed by atoms with van der Waals surface area (Å²) >= 11 is 0.997. The molecular weight excluding hydrogens is 428 g/mol. The van der Waals surface area contributed by atoms with Crippen molar-refractivity contribution in [2.24, 2.45) is 0 Å². The van der Waals surface area contributed by atoms with Gasteiger partial charge < -0.3 is 9.88 Å². The quantitative estimate of drug-likeness (QED) is 0.362. The Hall–Kier alpha value is -2.94. The molecule has 0 atom stereocenters. The van der Waals surface area contributed by atoms with E-state index < -0.39 is 11.7 Å². The molecule has 0 spiro atoms. The first-order valence-electron chi connectivity index (χ1n) is 9.63. The molecule has 9 heteroatoms. The summed E-state index contributed by atoms with van der Waals surface area (Å²) < 4.78 is 54.6. The van der Waals surface area contributed by atoms with Crippen LogP contribution in [-0.2, 0) is 12.7 Å². The zero-order chi connectivity index (χ0) is 22.3. The smallest absolute Gasteiger partial charge is 0.368 e. The lowest BCUT2D eigenvalue weighted by atomic mass is 10.1. The number of nitrogens with one attached hydrogen (secondary N) is 1. The number of halogens is 4. The molecule has 31 heavy (non-hydrogen) atoms. The molecule has 0 unspecified atom stereocenters. The number of thiophene rings is 1.